The van der Waals surface area contributed by atoms with Gasteiger partial charge in [0.1, 0.15) is 18.2 Å². The molecule has 0 radical (unpaired) electrons. The number of nitrogens with one attached hydrogen (secondary N) is 1. The Morgan fingerprint density at radius 1 is 1.04 bits per heavy atom. The second-order valence-corrected chi connectivity index (χ2v) is 7.02. The third kappa shape index (κ3) is 4.70. The minimum Gasteiger partial charge on any atom is -0.492 e. The van der Waals surface area contributed by atoms with Crippen molar-refractivity contribution in [3.05, 3.63) is 48.7 Å². The maximum atomic E-state index is 5.96. The van der Waals surface area contributed by atoms with E-state index < -0.39 is 0 Å². The van der Waals surface area contributed by atoms with E-state index in [9.17, 15) is 0 Å². The predicted molar refractivity (Wildman–Crippen MR) is 112 cm³/mol. The molecule has 0 unspecified atom stereocenters. The number of fused-ring (bicyclic) bond motifs is 1. The van der Waals surface area contributed by atoms with Gasteiger partial charge in [-0.1, -0.05) is 6.42 Å². The summed E-state index contributed by atoms with van der Waals surface area (Å²) in [5.41, 5.74) is 1.79. The summed E-state index contributed by atoms with van der Waals surface area (Å²) in [6.45, 7) is 4.12. The average Bonchev–Trinajstić information content (AvgIpc) is 2.75. The van der Waals surface area contributed by atoms with Crippen LogP contribution in [-0.4, -0.2) is 48.2 Å². The predicted octanol–water partition coefficient (Wildman–Crippen LogP) is 4.25. The Morgan fingerprint density at radius 2 is 1.93 bits per heavy atom. The molecule has 3 heterocycles. The van der Waals surface area contributed by atoms with E-state index in [1.807, 2.05) is 30.3 Å². The number of hydrogen-bond acceptors (Lipinski definition) is 6. The van der Waals surface area contributed by atoms with E-state index in [1.54, 1.807) is 13.3 Å². The Balaban J connectivity index is 1.37. The van der Waals surface area contributed by atoms with Gasteiger partial charge in [-0.05, 0) is 62.3 Å². The lowest BCUT2D eigenvalue weighted by molar-refractivity contribution is 0.183. The minimum atomic E-state index is 0.588. The maximum Gasteiger partial charge on any atom is 0.213 e. The quantitative estimate of drug-likeness (QED) is 0.663. The molecule has 1 aliphatic rings. The second kappa shape index (κ2) is 8.89. The van der Waals surface area contributed by atoms with E-state index in [2.05, 4.69) is 32.3 Å². The molecule has 1 N–H and O–H groups in total. The van der Waals surface area contributed by atoms with Gasteiger partial charge in [-0.25, -0.2) is 9.97 Å². The maximum absolute atomic E-state index is 5.96. The molecule has 1 fully saturated rings. The highest BCUT2D eigenvalue weighted by atomic mass is 16.5. The summed E-state index contributed by atoms with van der Waals surface area (Å²) < 4.78 is 11.0. The van der Waals surface area contributed by atoms with Crippen molar-refractivity contribution in [2.24, 2.45) is 0 Å². The van der Waals surface area contributed by atoms with Crippen molar-refractivity contribution >= 4 is 22.4 Å². The number of benzene rings is 1. The summed E-state index contributed by atoms with van der Waals surface area (Å²) in [6.07, 6.45) is 5.71. The van der Waals surface area contributed by atoms with Gasteiger partial charge in [0, 0.05) is 18.0 Å². The monoisotopic (exact) mass is 378 g/mol. The SMILES string of the molecule is COc1ccc(Nc2ccc3cc(OCCN4CCCCC4)ccc3n2)cn1. The summed E-state index contributed by atoms with van der Waals surface area (Å²) in [4.78, 5) is 11.4. The first kappa shape index (κ1) is 18.5. The van der Waals surface area contributed by atoms with Crippen molar-refractivity contribution in [1.82, 2.24) is 14.9 Å². The van der Waals surface area contributed by atoms with Crippen LogP contribution in [0.1, 0.15) is 19.3 Å². The highest BCUT2D eigenvalue weighted by Gasteiger charge is 2.09. The van der Waals surface area contributed by atoms with E-state index in [4.69, 9.17) is 9.47 Å². The van der Waals surface area contributed by atoms with Gasteiger partial charge in [0.15, 0.2) is 0 Å². The van der Waals surface area contributed by atoms with Crippen LogP contribution < -0.4 is 14.8 Å². The van der Waals surface area contributed by atoms with E-state index in [-0.39, 0.29) is 0 Å². The topological polar surface area (TPSA) is 59.5 Å². The summed E-state index contributed by atoms with van der Waals surface area (Å²) in [5, 5.41) is 4.33. The molecule has 0 atom stereocenters. The molecule has 3 aromatic rings. The van der Waals surface area contributed by atoms with Gasteiger partial charge >= 0.3 is 0 Å². The van der Waals surface area contributed by atoms with Crippen LogP contribution in [0.15, 0.2) is 48.7 Å². The first-order chi connectivity index (χ1) is 13.8. The van der Waals surface area contributed by atoms with Crippen molar-refractivity contribution < 1.29 is 9.47 Å². The molecule has 0 bridgehead atoms. The van der Waals surface area contributed by atoms with Gasteiger partial charge in [0.2, 0.25) is 5.88 Å². The lowest BCUT2D eigenvalue weighted by Gasteiger charge is -2.26. The lowest BCUT2D eigenvalue weighted by Crippen LogP contribution is -2.33. The van der Waals surface area contributed by atoms with E-state index >= 15 is 0 Å². The van der Waals surface area contributed by atoms with Crippen LogP contribution in [0, 0.1) is 0 Å². The van der Waals surface area contributed by atoms with Crippen molar-refractivity contribution in [2.45, 2.75) is 19.3 Å². The molecule has 2 aromatic heterocycles. The van der Waals surface area contributed by atoms with Crippen molar-refractivity contribution in [2.75, 3.05) is 38.7 Å². The molecule has 0 saturated carbocycles. The number of rotatable bonds is 7. The number of nitrogens with zero attached hydrogens (tertiary/aromatic N) is 3. The van der Waals surface area contributed by atoms with Gasteiger partial charge < -0.3 is 14.8 Å². The molecule has 1 aromatic carbocycles. The molecule has 0 amide bonds. The lowest BCUT2D eigenvalue weighted by atomic mass is 10.1. The second-order valence-electron chi connectivity index (χ2n) is 7.02. The van der Waals surface area contributed by atoms with Gasteiger partial charge in [0.25, 0.3) is 0 Å². The number of ether oxygens (including phenoxy) is 2. The van der Waals surface area contributed by atoms with E-state index in [0.29, 0.717) is 5.88 Å². The largest absolute Gasteiger partial charge is 0.492 e. The fourth-order valence-electron chi connectivity index (χ4n) is 3.46. The van der Waals surface area contributed by atoms with Crippen LogP contribution in [0.3, 0.4) is 0 Å². The number of likely N-dealkylation sites (tertiary alicyclic amines) is 1. The molecular formula is C22H26N4O2. The number of pyridine rings is 2. The zero-order chi connectivity index (χ0) is 19.2. The summed E-state index contributed by atoms with van der Waals surface area (Å²) in [6, 6.07) is 13.8. The summed E-state index contributed by atoms with van der Waals surface area (Å²) >= 11 is 0. The van der Waals surface area contributed by atoms with Crippen LogP contribution in [0.2, 0.25) is 0 Å². The Labute approximate surface area is 165 Å². The van der Waals surface area contributed by atoms with Crippen LogP contribution in [-0.2, 0) is 0 Å². The normalized spacial score (nSPS) is 14.8. The number of piperidine rings is 1. The van der Waals surface area contributed by atoms with Crippen LogP contribution in [0.25, 0.3) is 10.9 Å². The van der Waals surface area contributed by atoms with E-state index in [0.717, 1.165) is 41.3 Å². The molecule has 0 aliphatic carbocycles. The molecule has 1 aliphatic heterocycles. The molecule has 1 saturated heterocycles. The van der Waals surface area contributed by atoms with Gasteiger partial charge in [0.05, 0.1) is 24.5 Å². The Kier molecular flexibility index (Phi) is 5.87. The summed E-state index contributed by atoms with van der Waals surface area (Å²) in [7, 11) is 1.60. The zero-order valence-corrected chi connectivity index (χ0v) is 16.2. The number of anilines is 2. The third-order valence-electron chi connectivity index (χ3n) is 5.00. The standard InChI is InChI=1S/C22H26N4O2/c1-27-22-10-6-18(16-23-22)24-21-9-5-17-15-19(7-8-20(17)25-21)28-14-13-26-11-3-2-4-12-26/h5-10,15-16H,2-4,11-14H2,1H3,(H,24,25). The number of methoxy groups -OCH3 is 1. The minimum absolute atomic E-state index is 0.588. The first-order valence-corrected chi connectivity index (χ1v) is 9.83. The summed E-state index contributed by atoms with van der Waals surface area (Å²) in [5.74, 6) is 2.26. The van der Waals surface area contributed by atoms with Crippen molar-refractivity contribution in [3.63, 3.8) is 0 Å². The van der Waals surface area contributed by atoms with Gasteiger partial charge in [-0.3, -0.25) is 4.90 Å². The molecule has 6 nitrogen and oxygen atoms in total. The highest BCUT2D eigenvalue weighted by Crippen LogP contribution is 2.23. The van der Waals surface area contributed by atoms with Gasteiger partial charge in [-0.2, -0.15) is 0 Å². The van der Waals surface area contributed by atoms with Crippen molar-refractivity contribution in [3.8, 4) is 11.6 Å². The molecule has 6 heteroatoms. The van der Waals surface area contributed by atoms with Gasteiger partial charge in [-0.15, -0.1) is 0 Å². The fraction of sp³-hybridized carbons (Fsp3) is 0.364. The number of aromatic nitrogens is 2. The molecule has 146 valence electrons. The molecule has 0 spiro atoms. The van der Waals surface area contributed by atoms with Crippen molar-refractivity contribution in [1.29, 1.82) is 0 Å². The van der Waals surface area contributed by atoms with Crippen LogP contribution >= 0.6 is 0 Å². The average molecular weight is 378 g/mol. The zero-order valence-electron chi connectivity index (χ0n) is 16.2. The Morgan fingerprint density at radius 3 is 2.71 bits per heavy atom. The van der Waals surface area contributed by atoms with E-state index in [1.165, 1.54) is 32.4 Å². The third-order valence-corrected chi connectivity index (χ3v) is 5.00. The number of hydrogen-bond donors (Lipinski definition) is 1. The molecule has 28 heavy (non-hydrogen) atoms. The first-order valence-electron chi connectivity index (χ1n) is 9.83. The Hall–Kier alpha value is -2.86. The van der Waals surface area contributed by atoms with Crippen LogP contribution in [0.5, 0.6) is 11.6 Å². The Bertz CT molecular complexity index is 908. The fourth-order valence-corrected chi connectivity index (χ4v) is 3.46. The highest BCUT2D eigenvalue weighted by molar-refractivity contribution is 5.82. The molecular weight excluding hydrogens is 352 g/mol. The molecule has 4 rings (SSSR count). The van der Waals surface area contributed by atoms with Crippen LogP contribution in [0.4, 0.5) is 11.5 Å². The smallest absolute Gasteiger partial charge is 0.213 e.